The van der Waals surface area contributed by atoms with Crippen LogP contribution in [-0.2, 0) is 14.3 Å². The molecule has 0 saturated carbocycles. The Morgan fingerprint density at radius 2 is 1.32 bits per heavy atom. The van der Waals surface area contributed by atoms with Crippen molar-refractivity contribution in [1.29, 1.82) is 0 Å². The lowest BCUT2D eigenvalue weighted by Crippen LogP contribution is -2.30. The average Bonchev–Trinajstić information content (AvgIpc) is 3.38. The largest absolute Gasteiger partial charge is 0.462 e. The quantitative estimate of drug-likeness (QED) is 0.146. The third-order valence-electron chi connectivity index (χ3n) is 6.75. The molecule has 1 N–H and O–H groups in total. The molecule has 10 heteroatoms. The molecule has 0 spiro atoms. The van der Waals surface area contributed by atoms with E-state index in [1.165, 1.54) is 4.90 Å². The van der Waals surface area contributed by atoms with Gasteiger partial charge in [0.05, 0.1) is 29.9 Å². The molecule has 9 nitrogen and oxygen atoms in total. The molecule has 2 aromatic rings. The van der Waals surface area contributed by atoms with Crippen LogP contribution < -0.4 is 5.32 Å². The first-order valence-corrected chi connectivity index (χ1v) is 14.8. The molecule has 0 fully saturated rings. The first-order valence-electron chi connectivity index (χ1n) is 14.0. The van der Waals surface area contributed by atoms with Crippen molar-refractivity contribution < 1.29 is 33.4 Å². The van der Waals surface area contributed by atoms with Crippen LogP contribution in [0.4, 0.5) is 5.00 Å². The summed E-state index contributed by atoms with van der Waals surface area (Å²) < 4.78 is 10.2. The Bertz CT molecular complexity index is 1200. The number of ether oxygens (including phenoxy) is 2. The Kier molecular flexibility index (Phi) is 11.9. The van der Waals surface area contributed by atoms with Crippen LogP contribution in [0.1, 0.15) is 118 Å². The average molecular weight is 571 g/mol. The van der Waals surface area contributed by atoms with Crippen molar-refractivity contribution in [2.24, 2.45) is 0 Å². The number of benzene rings is 1. The van der Waals surface area contributed by atoms with Gasteiger partial charge in [-0.3, -0.25) is 19.3 Å². The van der Waals surface area contributed by atoms with Crippen LogP contribution in [0.25, 0.3) is 0 Å². The Morgan fingerprint density at radius 1 is 0.800 bits per heavy atom. The number of imide groups is 1. The molecule has 1 aromatic heterocycles. The molecule has 3 amide bonds. The predicted molar refractivity (Wildman–Crippen MR) is 153 cm³/mol. The molecule has 0 radical (unpaired) electrons. The number of rotatable bonds is 16. The van der Waals surface area contributed by atoms with E-state index in [4.69, 9.17) is 9.47 Å². The van der Waals surface area contributed by atoms with E-state index in [1.807, 2.05) is 0 Å². The Labute approximate surface area is 239 Å². The predicted octanol–water partition coefficient (Wildman–Crippen LogP) is 6.16. The van der Waals surface area contributed by atoms with Crippen molar-refractivity contribution in [3.05, 3.63) is 51.4 Å². The molecular formula is C30H38N2O7S. The smallest absolute Gasteiger partial charge is 0.348 e. The maximum Gasteiger partial charge on any atom is 0.348 e. The highest BCUT2D eigenvalue weighted by molar-refractivity contribution is 7.18. The second kappa shape index (κ2) is 15.3. The van der Waals surface area contributed by atoms with Crippen molar-refractivity contribution in [3.8, 4) is 0 Å². The van der Waals surface area contributed by atoms with Crippen LogP contribution in [0.3, 0.4) is 0 Å². The second-order valence-electron chi connectivity index (χ2n) is 9.64. The van der Waals surface area contributed by atoms with Gasteiger partial charge in [-0.25, -0.2) is 9.59 Å². The van der Waals surface area contributed by atoms with Gasteiger partial charge >= 0.3 is 11.9 Å². The summed E-state index contributed by atoms with van der Waals surface area (Å²) in [6.07, 6.45) is 7.82. The van der Waals surface area contributed by atoms with Gasteiger partial charge in [0, 0.05) is 13.0 Å². The minimum absolute atomic E-state index is 0.183. The first kappa shape index (κ1) is 31.0. The maximum atomic E-state index is 12.6. The Morgan fingerprint density at radius 3 is 1.90 bits per heavy atom. The van der Waals surface area contributed by atoms with Gasteiger partial charge in [0.25, 0.3) is 11.8 Å². The third kappa shape index (κ3) is 7.78. The van der Waals surface area contributed by atoms with Crippen molar-refractivity contribution in [1.82, 2.24) is 4.90 Å². The summed E-state index contributed by atoms with van der Waals surface area (Å²) in [7, 11) is 0. The Hall–Kier alpha value is -3.53. The lowest BCUT2D eigenvalue weighted by molar-refractivity contribution is -0.116. The fraction of sp³-hybridized carbons (Fsp3) is 0.500. The standard InChI is InChI=1S/C30H38N2O7S/c1-4-38-29(36)24-20(3)25(30(37)39-5-2)40-26(24)31-23(33)18-12-10-8-6-7-9-11-15-19-32-27(34)21-16-13-14-17-22(21)28(32)35/h13-14,16-17H,4-12,15,18-19H2,1-3H3,(H,31,33). The number of esters is 2. The van der Waals surface area contributed by atoms with Gasteiger partial charge in [-0.05, 0) is 51.3 Å². The Balaban J connectivity index is 1.32. The molecule has 2 heterocycles. The van der Waals surface area contributed by atoms with Gasteiger partial charge in [0.15, 0.2) is 0 Å². The van der Waals surface area contributed by atoms with E-state index in [2.05, 4.69) is 5.32 Å². The van der Waals surface area contributed by atoms with Gasteiger partial charge in [-0.1, -0.05) is 50.7 Å². The summed E-state index contributed by atoms with van der Waals surface area (Å²) in [6.45, 7) is 5.89. The number of fused-ring (bicyclic) bond motifs is 1. The van der Waals surface area contributed by atoms with E-state index in [0.717, 1.165) is 62.7 Å². The molecule has 0 unspecified atom stereocenters. The van der Waals surface area contributed by atoms with Gasteiger partial charge in [-0.2, -0.15) is 0 Å². The van der Waals surface area contributed by atoms with Crippen LogP contribution in [0.2, 0.25) is 0 Å². The van der Waals surface area contributed by atoms with E-state index in [-0.39, 0.29) is 41.4 Å². The number of nitrogens with zero attached hydrogens (tertiary/aromatic N) is 1. The maximum absolute atomic E-state index is 12.6. The van der Waals surface area contributed by atoms with Gasteiger partial charge in [0.1, 0.15) is 9.88 Å². The van der Waals surface area contributed by atoms with Gasteiger partial charge in [-0.15, -0.1) is 11.3 Å². The molecule has 40 heavy (non-hydrogen) atoms. The zero-order valence-electron chi connectivity index (χ0n) is 23.5. The summed E-state index contributed by atoms with van der Waals surface area (Å²) in [6, 6.07) is 6.95. The second-order valence-corrected chi connectivity index (χ2v) is 10.7. The molecule has 1 aromatic carbocycles. The fourth-order valence-corrected chi connectivity index (χ4v) is 5.79. The lowest BCUT2D eigenvalue weighted by atomic mass is 10.1. The highest BCUT2D eigenvalue weighted by Gasteiger charge is 2.34. The number of amides is 3. The van der Waals surface area contributed by atoms with Crippen molar-refractivity contribution in [3.63, 3.8) is 0 Å². The zero-order chi connectivity index (χ0) is 29.1. The van der Waals surface area contributed by atoms with Crippen molar-refractivity contribution in [2.75, 3.05) is 25.1 Å². The summed E-state index contributed by atoms with van der Waals surface area (Å²) in [5.41, 5.74) is 1.63. The summed E-state index contributed by atoms with van der Waals surface area (Å²) >= 11 is 1.03. The van der Waals surface area contributed by atoms with Gasteiger partial charge in [0.2, 0.25) is 5.91 Å². The highest BCUT2D eigenvalue weighted by Crippen LogP contribution is 2.34. The van der Waals surface area contributed by atoms with Gasteiger partial charge < -0.3 is 14.8 Å². The summed E-state index contributed by atoms with van der Waals surface area (Å²) in [5.74, 6) is -1.72. The monoisotopic (exact) mass is 570 g/mol. The summed E-state index contributed by atoms with van der Waals surface area (Å²) in [4.78, 5) is 63.8. The SMILES string of the molecule is CCOC(=O)c1sc(NC(=O)CCCCCCCCCCN2C(=O)c3ccccc3C2=O)c(C(=O)OCC)c1C. The van der Waals surface area contributed by atoms with E-state index in [1.54, 1.807) is 45.0 Å². The molecule has 216 valence electrons. The minimum atomic E-state index is -0.578. The number of carbonyl (C=O) groups is 5. The lowest BCUT2D eigenvalue weighted by Gasteiger charge is -2.13. The molecule has 1 aliphatic heterocycles. The van der Waals surface area contributed by atoms with Crippen molar-refractivity contribution in [2.45, 2.75) is 78.6 Å². The first-order chi connectivity index (χ1) is 19.3. The molecule has 0 bridgehead atoms. The van der Waals surface area contributed by atoms with Crippen LogP contribution >= 0.6 is 11.3 Å². The molecule has 3 rings (SSSR count). The number of hydrogen-bond acceptors (Lipinski definition) is 8. The number of anilines is 1. The van der Waals surface area contributed by atoms with Crippen LogP contribution in [0, 0.1) is 6.92 Å². The third-order valence-corrected chi connectivity index (χ3v) is 7.94. The highest BCUT2D eigenvalue weighted by atomic mass is 32.1. The minimum Gasteiger partial charge on any atom is -0.462 e. The molecule has 0 atom stereocenters. The van der Waals surface area contributed by atoms with Crippen molar-refractivity contribution >= 4 is 46.0 Å². The number of carbonyl (C=O) groups excluding carboxylic acids is 5. The van der Waals surface area contributed by atoms with Crippen LogP contribution in [0.15, 0.2) is 24.3 Å². The van der Waals surface area contributed by atoms with Crippen LogP contribution in [0.5, 0.6) is 0 Å². The fourth-order valence-electron chi connectivity index (χ4n) is 4.69. The normalized spacial score (nSPS) is 12.4. The number of thiophene rings is 1. The van der Waals surface area contributed by atoms with Crippen LogP contribution in [-0.4, -0.2) is 54.3 Å². The molecule has 0 saturated heterocycles. The van der Waals surface area contributed by atoms with E-state index in [0.29, 0.717) is 34.7 Å². The number of hydrogen-bond donors (Lipinski definition) is 1. The van der Waals surface area contributed by atoms with E-state index < -0.39 is 11.9 Å². The summed E-state index contributed by atoms with van der Waals surface area (Å²) in [5, 5.41) is 3.10. The van der Waals surface area contributed by atoms with E-state index in [9.17, 15) is 24.0 Å². The number of unbranched alkanes of at least 4 members (excludes halogenated alkanes) is 7. The molecule has 0 aliphatic carbocycles. The zero-order valence-corrected chi connectivity index (χ0v) is 24.3. The number of nitrogens with one attached hydrogen (secondary N) is 1. The topological polar surface area (TPSA) is 119 Å². The molecular weight excluding hydrogens is 532 g/mol. The molecule has 1 aliphatic rings. The van der Waals surface area contributed by atoms with E-state index >= 15 is 0 Å².